The molecule has 4 aliphatic carbocycles. The number of ether oxygens (including phenoxy) is 8. The minimum absolute atomic E-state index is 0.00393. The second-order valence-corrected chi connectivity index (χ2v) is 42.8. The summed E-state index contributed by atoms with van der Waals surface area (Å²) in [6, 6.07) is 20.0. The molecule has 6 aromatic rings. The van der Waals surface area contributed by atoms with Crippen LogP contribution in [0.4, 0.5) is 0 Å². The number of pyridine rings is 4. The van der Waals surface area contributed by atoms with Crippen molar-refractivity contribution in [1.82, 2.24) is 39.2 Å². The number of fused-ring (bicyclic) bond motifs is 6. The van der Waals surface area contributed by atoms with Gasteiger partial charge in [-0.1, -0.05) is 52.0 Å². The van der Waals surface area contributed by atoms with E-state index in [0.29, 0.717) is 121 Å². The summed E-state index contributed by atoms with van der Waals surface area (Å²) in [5, 5.41) is 1.64. The Balaban J connectivity index is 0.000000216. The first kappa shape index (κ1) is 93.5. The van der Waals surface area contributed by atoms with E-state index in [2.05, 4.69) is 33.3 Å². The van der Waals surface area contributed by atoms with E-state index < -0.39 is 112 Å². The summed E-state index contributed by atoms with van der Waals surface area (Å²) in [4.78, 5) is 137. The first-order valence-corrected chi connectivity index (χ1v) is 47.7. The third kappa shape index (κ3) is 22.9. The molecular weight excluding hydrogens is 1650 g/mol. The van der Waals surface area contributed by atoms with Crippen molar-refractivity contribution in [2.75, 3.05) is 27.3 Å². The van der Waals surface area contributed by atoms with Gasteiger partial charge in [0, 0.05) is 36.5 Å². The number of allylic oxidation sites excluding steroid dienone is 4. The van der Waals surface area contributed by atoms with Crippen molar-refractivity contribution >= 4 is 88.7 Å². The molecule has 14 rings (SSSR count). The van der Waals surface area contributed by atoms with E-state index >= 15 is 9.59 Å². The van der Waals surface area contributed by atoms with Crippen LogP contribution in [-0.4, -0.2) is 179 Å². The van der Waals surface area contributed by atoms with Gasteiger partial charge in [0.2, 0.25) is 55.4 Å². The Bertz CT molecular complexity index is 5040. The molecule has 8 aliphatic rings. The van der Waals surface area contributed by atoms with E-state index in [4.69, 9.17) is 47.9 Å². The fraction of sp³-hybridized carbons (Fsp3) is 0.583. The summed E-state index contributed by atoms with van der Waals surface area (Å²) >= 11 is 0. The molecule has 4 saturated carbocycles. The molecule has 2 saturated heterocycles. The molecule has 8 heterocycles. The number of rotatable bonds is 22. The lowest BCUT2D eigenvalue weighted by molar-refractivity contribution is -0.160. The molecule has 28 nitrogen and oxygen atoms in total. The maximum atomic E-state index is 15.1. The smallest absolute Gasteiger partial charge is 0.307 e. The molecule has 6 fully saturated rings. The molecule has 0 spiro atoms. The second kappa shape index (κ2) is 38.1. The number of Topliss-reactive ketones (excluding diaryl/α,β-unsaturated/α-hetero) is 2. The monoisotopic (exact) mass is 1770 g/mol. The van der Waals surface area contributed by atoms with Gasteiger partial charge in [0.05, 0.1) is 133 Å². The van der Waals surface area contributed by atoms with Gasteiger partial charge in [-0.15, -0.1) is 0 Å². The van der Waals surface area contributed by atoms with Crippen LogP contribution in [0.2, 0.25) is 0 Å². The highest BCUT2D eigenvalue weighted by Crippen LogP contribution is 2.59. The minimum atomic E-state index is -3.89. The number of aromatic nitrogens is 4. The maximum absolute atomic E-state index is 15.1. The van der Waals surface area contributed by atoms with Crippen LogP contribution in [0.25, 0.3) is 44.3 Å². The van der Waals surface area contributed by atoms with Gasteiger partial charge in [-0.3, -0.25) is 57.8 Å². The van der Waals surface area contributed by atoms with E-state index in [1.54, 1.807) is 80.3 Å². The van der Waals surface area contributed by atoms with E-state index in [9.17, 15) is 45.6 Å². The average molecular weight is 1770 g/mol. The molecule has 4 amide bonds. The van der Waals surface area contributed by atoms with E-state index in [-0.39, 0.29) is 134 Å². The van der Waals surface area contributed by atoms with Gasteiger partial charge in [0.15, 0.2) is 11.6 Å². The van der Waals surface area contributed by atoms with Crippen LogP contribution in [0.5, 0.6) is 34.8 Å². The fourth-order valence-corrected chi connectivity index (χ4v) is 21.0. The highest BCUT2D eigenvalue weighted by atomic mass is 32.2. The average Bonchev–Trinajstić information content (AvgIpc) is 1.57. The van der Waals surface area contributed by atoms with Crippen molar-refractivity contribution in [3.8, 4) is 57.5 Å². The van der Waals surface area contributed by atoms with Crippen LogP contribution >= 0.6 is 0 Å². The molecule has 0 unspecified atom stereocenters. The zero-order valence-electron chi connectivity index (χ0n) is 75.4. The van der Waals surface area contributed by atoms with Crippen LogP contribution in [0.1, 0.15) is 213 Å². The standard InChI is InChI=1S/2C48H62N4O10S/c2*1-28(2)60-34-14-18-39(49-26-34)40-21-31-20-33(59-8)13-17-37(31)44(50-40)61-35-22-41-42(53)25-48(46(56)51-63(57,58)36-15-16-36)24-32(48)12-10-9-11-29(3)19-30(4)38(45(55)52(41)27-35)23-43(54)62-47(5,6)7/h2*10,12-14,17-18,20-21,26,28-30,32,35-36,38,41H,9,11,15-16,19,22-25,27H2,1-8H3,(H,51,56)/b2*12-10-/t29-,30+,32+,35+,38-,41-,48+;29-,30-,32-,35-,38+,41+,48-/m01/s1. The number of hydrogen-bond acceptors (Lipinski definition) is 24. The Morgan fingerprint density at radius 1 is 0.500 bits per heavy atom. The largest absolute Gasteiger partial charge is 0.497 e. The molecule has 126 heavy (non-hydrogen) atoms. The summed E-state index contributed by atoms with van der Waals surface area (Å²) in [7, 11) is -4.61. The maximum Gasteiger partial charge on any atom is 0.307 e. The Morgan fingerprint density at radius 3 is 1.21 bits per heavy atom. The zero-order chi connectivity index (χ0) is 90.9. The summed E-state index contributed by atoms with van der Waals surface area (Å²) < 4.78 is 105. The SMILES string of the molecule is COc1ccc2c(O[C@@H]3C[C@H]4C(=O)C[C@]5(C(=O)NS(=O)(=O)C6CC6)C[C@H]5/C=C\CC[C@@H](C)C[C@@H](C)[C@H](CC(=O)OC(C)(C)C)C(=O)N4C3)nc(-c3ccc(OC(C)C)cn3)cc2c1.COc1ccc2c(O[C@@H]3C[C@H]4C(=O)C[C@]5(C(=O)NS(=O)(=O)C6CC6)C[C@H]5/C=C\CC[C@H](C)C[C@@H](C)[C@H](CC(=O)OC(C)(C)C)C(=O)N4C3)nc(-c3ccc(OC(C)C)cn3)cc2c1. The molecule has 2 N–H and O–H groups in total. The number of ketones is 2. The van der Waals surface area contributed by atoms with E-state index in [0.717, 1.165) is 23.6 Å². The zero-order valence-corrected chi connectivity index (χ0v) is 77.1. The van der Waals surface area contributed by atoms with Gasteiger partial charge in [0.25, 0.3) is 0 Å². The summed E-state index contributed by atoms with van der Waals surface area (Å²) in [5.74, 6) is -3.30. The lowest BCUT2D eigenvalue weighted by Crippen LogP contribution is -2.47. The van der Waals surface area contributed by atoms with Crippen LogP contribution in [0, 0.1) is 58.2 Å². The number of sulfonamides is 2. The van der Waals surface area contributed by atoms with E-state index in [1.165, 1.54) is 9.80 Å². The summed E-state index contributed by atoms with van der Waals surface area (Å²) in [5.41, 5.74) is -1.95. The third-order valence-electron chi connectivity index (χ3n) is 25.2. The number of hydrogen-bond donors (Lipinski definition) is 2. The molecule has 4 aliphatic heterocycles. The number of nitrogens with zero attached hydrogens (tertiary/aromatic N) is 6. The summed E-state index contributed by atoms with van der Waals surface area (Å²) in [6.45, 7) is 26.6. The van der Waals surface area contributed by atoms with Crippen LogP contribution in [0.15, 0.2) is 109 Å². The Kier molecular flexibility index (Phi) is 28.3. The fourth-order valence-electron chi connectivity index (χ4n) is 18.3. The molecule has 30 heteroatoms. The molecule has 2 aromatic carbocycles. The van der Waals surface area contributed by atoms with Gasteiger partial charge < -0.3 is 47.7 Å². The lowest BCUT2D eigenvalue weighted by atomic mass is 9.82. The predicted molar refractivity (Wildman–Crippen MR) is 475 cm³/mol. The van der Waals surface area contributed by atoms with Crippen LogP contribution in [-0.2, 0) is 67.9 Å². The number of amides is 4. The Morgan fingerprint density at radius 2 is 0.873 bits per heavy atom. The number of esters is 2. The predicted octanol–water partition coefficient (Wildman–Crippen LogP) is 14.8. The van der Waals surface area contributed by atoms with Crippen molar-refractivity contribution < 1.29 is 93.1 Å². The van der Waals surface area contributed by atoms with Crippen molar-refractivity contribution in [2.45, 2.75) is 271 Å². The van der Waals surface area contributed by atoms with E-state index in [1.807, 2.05) is 127 Å². The first-order valence-electron chi connectivity index (χ1n) is 44.6. The van der Waals surface area contributed by atoms with Gasteiger partial charge in [0.1, 0.15) is 46.4 Å². The highest BCUT2D eigenvalue weighted by molar-refractivity contribution is 7.91. The number of benzene rings is 2. The first-order chi connectivity index (χ1) is 59.5. The highest BCUT2D eigenvalue weighted by Gasteiger charge is 2.64. The molecule has 14 atom stereocenters. The minimum Gasteiger partial charge on any atom is -0.497 e. The van der Waals surface area contributed by atoms with Crippen molar-refractivity contribution in [2.24, 2.45) is 58.2 Å². The van der Waals surface area contributed by atoms with Gasteiger partial charge in [-0.2, -0.15) is 0 Å². The van der Waals surface area contributed by atoms with Gasteiger partial charge in [-0.05, 0) is 265 Å². The Hall–Kier alpha value is -10.1. The van der Waals surface area contributed by atoms with Crippen LogP contribution < -0.4 is 37.9 Å². The van der Waals surface area contributed by atoms with Crippen LogP contribution in [0.3, 0.4) is 0 Å². The number of carbonyl (C=O) groups excluding carboxylic acids is 8. The third-order valence-corrected chi connectivity index (χ3v) is 28.9. The molecule has 0 bridgehead atoms. The second-order valence-electron chi connectivity index (χ2n) is 38.9. The van der Waals surface area contributed by atoms with Crippen molar-refractivity contribution in [1.29, 1.82) is 0 Å². The molecule has 4 aromatic heterocycles. The summed E-state index contributed by atoms with van der Waals surface area (Å²) in [6.07, 6.45) is 15.8. The molecular formula is C96H124N8O20S2. The van der Waals surface area contributed by atoms with Gasteiger partial charge >= 0.3 is 11.9 Å². The lowest BCUT2D eigenvalue weighted by Gasteiger charge is -2.32. The van der Waals surface area contributed by atoms with Crippen molar-refractivity contribution in [3.63, 3.8) is 0 Å². The Labute approximate surface area is 740 Å². The number of carbonyl (C=O) groups is 8. The number of methoxy groups -OCH3 is 2. The number of nitrogens with one attached hydrogen (secondary N) is 2. The molecule has 680 valence electrons. The van der Waals surface area contributed by atoms with Gasteiger partial charge in [-0.25, -0.2) is 26.8 Å². The van der Waals surface area contributed by atoms with Crippen molar-refractivity contribution in [3.05, 3.63) is 109 Å². The quantitative estimate of drug-likeness (QED) is 0.0471. The topological polar surface area (TPSA) is 361 Å². The normalized spacial score (nSPS) is 27.4. The molecule has 0 radical (unpaired) electrons.